The summed E-state index contributed by atoms with van der Waals surface area (Å²) in [6, 6.07) is 15.3. The van der Waals surface area contributed by atoms with Crippen molar-refractivity contribution in [1.82, 2.24) is 0 Å². The van der Waals surface area contributed by atoms with E-state index in [1.54, 1.807) is 37.3 Å². The zero-order valence-corrected chi connectivity index (χ0v) is 16.8. The minimum atomic E-state index is -4.36. The second-order valence-corrected chi connectivity index (χ2v) is 7.31. The molecule has 8 heteroatoms. The van der Waals surface area contributed by atoms with Gasteiger partial charge in [0.2, 0.25) is 5.78 Å². The fraction of sp³-hybridized carbons (Fsp3) is 0.182. The van der Waals surface area contributed by atoms with Crippen LogP contribution in [0.15, 0.2) is 71.2 Å². The SMILES string of the molecule is C/C(=N\OCc1ccc(C(F)(F)F)cc1)c1ccc(OCC(=O)c2cccs2)cc1. The molecule has 0 spiro atoms. The Labute approximate surface area is 175 Å². The van der Waals surface area contributed by atoms with Crippen LogP contribution >= 0.6 is 11.3 Å². The van der Waals surface area contributed by atoms with E-state index < -0.39 is 11.7 Å². The van der Waals surface area contributed by atoms with Crippen LogP contribution in [-0.4, -0.2) is 18.1 Å². The summed E-state index contributed by atoms with van der Waals surface area (Å²) in [5.41, 5.74) is 1.27. The molecule has 0 aliphatic rings. The number of Topliss-reactive ketones (excluding diaryl/α,β-unsaturated/α-hetero) is 1. The van der Waals surface area contributed by atoms with Crippen molar-refractivity contribution >= 4 is 22.8 Å². The number of alkyl halides is 3. The number of ketones is 1. The number of ether oxygens (including phenoxy) is 1. The Morgan fingerprint density at radius 1 is 1.03 bits per heavy atom. The highest BCUT2D eigenvalue weighted by Crippen LogP contribution is 2.29. The van der Waals surface area contributed by atoms with Crippen LogP contribution < -0.4 is 4.74 Å². The Balaban J connectivity index is 1.50. The highest BCUT2D eigenvalue weighted by Gasteiger charge is 2.29. The van der Waals surface area contributed by atoms with Crippen LogP contribution in [0.1, 0.15) is 33.3 Å². The number of halogens is 3. The molecule has 4 nitrogen and oxygen atoms in total. The zero-order chi connectivity index (χ0) is 21.6. The first-order chi connectivity index (χ1) is 14.3. The molecule has 0 N–H and O–H groups in total. The van der Waals surface area contributed by atoms with Gasteiger partial charge in [0.05, 0.1) is 16.2 Å². The van der Waals surface area contributed by atoms with Gasteiger partial charge in [0.1, 0.15) is 12.4 Å². The number of oxime groups is 1. The molecular formula is C22H18F3NO3S. The maximum Gasteiger partial charge on any atom is 0.416 e. The highest BCUT2D eigenvalue weighted by atomic mass is 32.1. The minimum absolute atomic E-state index is 0.0385. The number of benzene rings is 2. The lowest BCUT2D eigenvalue weighted by atomic mass is 10.1. The first-order valence-electron chi connectivity index (χ1n) is 8.95. The molecule has 0 saturated heterocycles. The lowest BCUT2D eigenvalue weighted by molar-refractivity contribution is -0.137. The molecule has 3 rings (SSSR count). The summed E-state index contributed by atoms with van der Waals surface area (Å²) in [6.45, 7) is 1.77. The lowest BCUT2D eigenvalue weighted by Crippen LogP contribution is -2.10. The zero-order valence-electron chi connectivity index (χ0n) is 16.0. The summed E-state index contributed by atoms with van der Waals surface area (Å²) in [5.74, 6) is 0.477. The van der Waals surface area contributed by atoms with Crippen molar-refractivity contribution in [2.24, 2.45) is 5.16 Å². The van der Waals surface area contributed by atoms with Crippen LogP contribution in [0.3, 0.4) is 0 Å². The first kappa shape index (κ1) is 21.6. The number of carbonyl (C=O) groups is 1. The summed E-state index contributed by atoms with van der Waals surface area (Å²) in [7, 11) is 0. The topological polar surface area (TPSA) is 47.9 Å². The quantitative estimate of drug-likeness (QED) is 0.250. The largest absolute Gasteiger partial charge is 0.485 e. The lowest BCUT2D eigenvalue weighted by Gasteiger charge is -2.08. The predicted molar refractivity (Wildman–Crippen MR) is 109 cm³/mol. The van der Waals surface area contributed by atoms with Gasteiger partial charge in [-0.3, -0.25) is 4.79 Å². The van der Waals surface area contributed by atoms with Crippen LogP contribution in [0, 0.1) is 0 Å². The molecule has 156 valence electrons. The van der Waals surface area contributed by atoms with Gasteiger partial charge in [0.15, 0.2) is 6.61 Å². The standard InChI is InChI=1S/C22H18F3NO3S/c1-15(26-29-13-16-4-8-18(9-5-16)22(23,24)25)17-6-10-19(11-7-17)28-14-20(27)21-3-2-12-30-21/h2-12H,13-14H2,1H3/b26-15+. The Bertz CT molecular complexity index is 996. The summed E-state index contributed by atoms with van der Waals surface area (Å²) < 4.78 is 43.2. The molecule has 0 amide bonds. The third-order valence-electron chi connectivity index (χ3n) is 4.15. The Hall–Kier alpha value is -3.13. The van der Waals surface area contributed by atoms with Gasteiger partial charge < -0.3 is 9.57 Å². The molecule has 1 aromatic heterocycles. The van der Waals surface area contributed by atoms with Crippen molar-refractivity contribution < 1.29 is 27.5 Å². The summed E-state index contributed by atoms with van der Waals surface area (Å²) in [4.78, 5) is 17.8. The van der Waals surface area contributed by atoms with Gasteiger partial charge >= 0.3 is 6.18 Å². The van der Waals surface area contributed by atoms with Crippen molar-refractivity contribution in [2.45, 2.75) is 19.7 Å². The molecule has 0 bridgehead atoms. The fourth-order valence-corrected chi connectivity index (χ4v) is 3.15. The van der Waals surface area contributed by atoms with Gasteiger partial charge in [-0.15, -0.1) is 11.3 Å². The van der Waals surface area contributed by atoms with Crippen molar-refractivity contribution in [1.29, 1.82) is 0 Å². The van der Waals surface area contributed by atoms with Gasteiger partial charge in [-0.05, 0) is 65.9 Å². The molecule has 0 atom stereocenters. The summed E-state index contributed by atoms with van der Waals surface area (Å²) in [5, 5.41) is 5.84. The molecule has 3 aromatic rings. The van der Waals surface area contributed by atoms with Gasteiger partial charge in [-0.25, -0.2) is 0 Å². The maximum absolute atomic E-state index is 12.6. The van der Waals surface area contributed by atoms with Crippen molar-refractivity contribution in [3.05, 3.63) is 87.6 Å². The van der Waals surface area contributed by atoms with E-state index in [1.165, 1.54) is 23.5 Å². The molecule has 0 aliphatic heterocycles. The minimum Gasteiger partial charge on any atom is -0.485 e. The van der Waals surface area contributed by atoms with Gasteiger partial charge in [-0.2, -0.15) is 13.2 Å². The molecule has 0 saturated carbocycles. The molecule has 2 aromatic carbocycles. The Morgan fingerprint density at radius 2 is 1.73 bits per heavy atom. The highest BCUT2D eigenvalue weighted by molar-refractivity contribution is 7.12. The van der Waals surface area contributed by atoms with E-state index in [4.69, 9.17) is 9.57 Å². The van der Waals surface area contributed by atoms with Crippen LogP contribution in [0.4, 0.5) is 13.2 Å². The van der Waals surface area contributed by atoms with E-state index in [0.29, 0.717) is 21.9 Å². The van der Waals surface area contributed by atoms with Gasteiger partial charge in [-0.1, -0.05) is 23.4 Å². The molecule has 30 heavy (non-hydrogen) atoms. The monoisotopic (exact) mass is 433 g/mol. The smallest absolute Gasteiger partial charge is 0.416 e. The average Bonchev–Trinajstić information content (AvgIpc) is 3.27. The molecule has 0 unspecified atom stereocenters. The van der Waals surface area contributed by atoms with E-state index in [2.05, 4.69) is 5.16 Å². The molecule has 0 radical (unpaired) electrons. The predicted octanol–water partition coefficient (Wildman–Crippen LogP) is 5.97. The number of hydrogen-bond donors (Lipinski definition) is 0. The number of carbonyl (C=O) groups excluding carboxylic acids is 1. The van der Waals surface area contributed by atoms with Gasteiger partial charge in [0.25, 0.3) is 0 Å². The molecule has 1 heterocycles. The normalized spacial score (nSPS) is 11.9. The number of hydrogen-bond acceptors (Lipinski definition) is 5. The summed E-state index contributed by atoms with van der Waals surface area (Å²) in [6.07, 6.45) is -4.36. The number of thiophene rings is 1. The molecular weight excluding hydrogens is 415 g/mol. The Kier molecular flexibility index (Phi) is 6.89. The third-order valence-corrected chi connectivity index (χ3v) is 5.06. The molecule has 0 fully saturated rings. The van der Waals surface area contributed by atoms with E-state index in [9.17, 15) is 18.0 Å². The van der Waals surface area contributed by atoms with Crippen molar-refractivity contribution in [3.8, 4) is 5.75 Å². The van der Waals surface area contributed by atoms with E-state index in [1.807, 2.05) is 11.4 Å². The van der Waals surface area contributed by atoms with E-state index >= 15 is 0 Å². The fourth-order valence-electron chi connectivity index (χ4n) is 2.50. The average molecular weight is 433 g/mol. The second-order valence-electron chi connectivity index (χ2n) is 6.36. The van der Waals surface area contributed by atoms with Crippen LogP contribution in [0.25, 0.3) is 0 Å². The van der Waals surface area contributed by atoms with Crippen molar-refractivity contribution in [2.75, 3.05) is 6.61 Å². The Morgan fingerprint density at radius 3 is 2.33 bits per heavy atom. The number of nitrogens with zero attached hydrogens (tertiary/aromatic N) is 1. The van der Waals surface area contributed by atoms with E-state index in [0.717, 1.165) is 17.7 Å². The van der Waals surface area contributed by atoms with Crippen molar-refractivity contribution in [3.63, 3.8) is 0 Å². The van der Waals surface area contributed by atoms with Gasteiger partial charge in [0, 0.05) is 0 Å². The second kappa shape index (κ2) is 9.58. The first-order valence-corrected chi connectivity index (χ1v) is 9.83. The van der Waals surface area contributed by atoms with Crippen LogP contribution in [0.5, 0.6) is 5.75 Å². The number of rotatable bonds is 8. The maximum atomic E-state index is 12.6. The van der Waals surface area contributed by atoms with Crippen LogP contribution in [0.2, 0.25) is 0 Å². The van der Waals surface area contributed by atoms with Crippen LogP contribution in [-0.2, 0) is 17.6 Å². The summed E-state index contributed by atoms with van der Waals surface area (Å²) >= 11 is 1.37. The van der Waals surface area contributed by atoms with E-state index in [-0.39, 0.29) is 19.0 Å². The third kappa shape index (κ3) is 5.93. The molecule has 0 aliphatic carbocycles.